The first kappa shape index (κ1) is 16.2. The first-order valence-corrected chi connectivity index (χ1v) is 7.89. The summed E-state index contributed by atoms with van der Waals surface area (Å²) in [7, 11) is 0. The van der Waals surface area contributed by atoms with Crippen LogP contribution in [0.5, 0.6) is 0 Å². The van der Waals surface area contributed by atoms with E-state index in [4.69, 9.17) is 4.74 Å². The predicted molar refractivity (Wildman–Crippen MR) is 85.7 cm³/mol. The number of rotatable bonds is 5. The molecule has 21 heavy (non-hydrogen) atoms. The Hall–Kier alpha value is -1.19. The Balaban J connectivity index is 2.13. The third-order valence-corrected chi connectivity index (χ3v) is 4.93. The number of ketones is 1. The van der Waals surface area contributed by atoms with Crippen LogP contribution in [0.25, 0.3) is 0 Å². The molecule has 0 spiro atoms. The fourth-order valence-electron chi connectivity index (χ4n) is 2.94. The van der Waals surface area contributed by atoms with Crippen molar-refractivity contribution in [2.75, 3.05) is 26.3 Å². The van der Waals surface area contributed by atoms with E-state index in [-0.39, 0.29) is 5.54 Å². The summed E-state index contributed by atoms with van der Waals surface area (Å²) in [6, 6.07) is 6.33. The van der Waals surface area contributed by atoms with Crippen molar-refractivity contribution in [1.29, 1.82) is 0 Å². The van der Waals surface area contributed by atoms with Gasteiger partial charge in [0, 0.05) is 19.5 Å². The van der Waals surface area contributed by atoms with Crippen LogP contribution in [0.15, 0.2) is 18.2 Å². The van der Waals surface area contributed by atoms with E-state index in [1.165, 1.54) is 11.1 Å². The second-order valence-corrected chi connectivity index (χ2v) is 6.25. The molecule has 0 amide bonds. The molecule has 1 heterocycles. The molecule has 3 nitrogen and oxygen atoms in total. The van der Waals surface area contributed by atoms with E-state index < -0.39 is 0 Å². The minimum Gasteiger partial charge on any atom is -0.379 e. The van der Waals surface area contributed by atoms with Crippen molar-refractivity contribution < 1.29 is 9.53 Å². The van der Waals surface area contributed by atoms with Gasteiger partial charge < -0.3 is 4.74 Å². The summed E-state index contributed by atoms with van der Waals surface area (Å²) in [5.74, 6) is 0.315. The van der Waals surface area contributed by atoms with E-state index in [0.29, 0.717) is 12.2 Å². The highest BCUT2D eigenvalue weighted by Crippen LogP contribution is 2.24. The Kier molecular flexibility index (Phi) is 5.17. The maximum Gasteiger partial charge on any atom is 0.157 e. The van der Waals surface area contributed by atoms with Crippen LogP contribution in [0.4, 0.5) is 0 Å². The molecule has 1 fully saturated rings. The molecule has 1 aromatic rings. The van der Waals surface area contributed by atoms with Crippen LogP contribution >= 0.6 is 0 Å². The number of morpholine rings is 1. The molecular formula is C18H27NO2. The summed E-state index contributed by atoms with van der Waals surface area (Å²) >= 11 is 0. The summed E-state index contributed by atoms with van der Waals surface area (Å²) in [5.41, 5.74) is 3.28. The minimum atomic E-state index is -0.372. The van der Waals surface area contributed by atoms with Gasteiger partial charge in [0.1, 0.15) is 0 Å². The zero-order valence-corrected chi connectivity index (χ0v) is 13.7. The average molecular weight is 289 g/mol. The third-order valence-electron chi connectivity index (χ3n) is 4.93. The van der Waals surface area contributed by atoms with Gasteiger partial charge in [0.2, 0.25) is 0 Å². The highest BCUT2D eigenvalue weighted by atomic mass is 16.5. The lowest BCUT2D eigenvalue weighted by atomic mass is 9.86. The number of Topliss-reactive ketones (excluding diaryl/α,β-unsaturated/α-hetero) is 1. The van der Waals surface area contributed by atoms with E-state index in [1.54, 1.807) is 0 Å². The molecule has 116 valence electrons. The Morgan fingerprint density at radius 2 is 1.90 bits per heavy atom. The van der Waals surface area contributed by atoms with Gasteiger partial charge in [-0.15, -0.1) is 0 Å². The van der Waals surface area contributed by atoms with Crippen LogP contribution in [0, 0.1) is 13.8 Å². The molecule has 1 atom stereocenters. The molecule has 1 unspecified atom stereocenters. The van der Waals surface area contributed by atoms with Gasteiger partial charge in [0.15, 0.2) is 5.78 Å². The molecule has 1 saturated heterocycles. The van der Waals surface area contributed by atoms with Crippen molar-refractivity contribution in [2.45, 2.75) is 46.1 Å². The molecule has 1 aliphatic rings. The van der Waals surface area contributed by atoms with Crippen LogP contribution < -0.4 is 0 Å². The molecule has 0 radical (unpaired) electrons. The number of ether oxygens (including phenoxy) is 1. The van der Waals surface area contributed by atoms with Gasteiger partial charge in [0.25, 0.3) is 0 Å². The van der Waals surface area contributed by atoms with Gasteiger partial charge in [-0.2, -0.15) is 0 Å². The maximum absolute atomic E-state index is 12.9. The standard InChI is InChI=1S/C18H27NO2/c1-5-18(4,19-8-10-21-11-9-19)17(20)13-16-7-6-14(2)15(3)12-16/h6-7,12H,5,8-11,13H2,1-4H3. The van der Waals surface area contributed by atoms with Crippen LogP contribution in [-0.4, -0.2) is 42.5 Å². The first-order valence-electron chi connectivity index (χ1n) is 7.89. The second-order valence-electron chi connectivity index (χ2n) is 6.25. The molecule has 1 aliphatic heterocycles. The molecule has 0 aromatic heterocycles. The number of carbonyl (C=O) groups is 1. The fourth-order valence-corrected chi connectivity index (χ4v) is 2.94. The van der Waals surface area contributed by atoms with Gasteiger partial charge in [-0.05, 0) is 43.9 Å². The third kappa shape index (κ3) is 3.53. The van der Waals surface area contributed by atoms with Crippen molar-refractivity contribution in [1.82, 2.24) is 4.90 Å². The molecule has 3 heteroatoms. The van der Waals surface area contributed by atoms with Gasteiger partial charge in [-0.1, -0.05) is 25.1 Å². The van der Waals surface area contributed by atoms with Gasteiger partial charge in [-0.25, -0.2) is 0 Å². The summed E-state index contributed by atoms with van der Waals surface area (Å²) in [5, 5.41) is 0. The Bertz CT molecular complexity index is 506. The predicted octanol–water partition coefficient (Wildman–Crippen LogP) is 2.92. The van der Waals surface area contributed by atoms with Crippen molar-refractivity contribution in [3.8, 4) is 0 Å². The number of carbonyl (C=O) groups excluding carboxylic acids is 1. The molecular weight excluding hydrogens is 262 g/mol. The maximum atomic E-state index is 12.9. The van der Waals surface area contributed by atoms with E-state index >= 15 is 0 Å². The molecule has 2 rings (SSSR count). The zero-order chi connectivity index (χ0) is 15.5. The SMILES string of the molecule is CCC(C)(C(=O)Cc1ccc(C)c(C)c1)N1CCOCC1. The van der Waals surface area contributed by atoms with E-state index in [1.807, 2.05) is 0 Å². The van der Waals surface area contributed by atoms with E-state index in [0.717, 1.165) is 38.3 Å². The van der Waals surface area contributed by atoms with Crippen LogP contribution in [0.2, 0.25) is 0 Å². The van der Waals surface area contributed by atoms with Crippen molar-refractivity contribution in [3.05, 3.63) is 34.9 Å². The highest BCUT2D eigenvalue weighted by molar-refractivity contribution is 5.89. The fraction of sp³-hybridized carbons (Fsp3) is 0.611. The average Bonchev–Trinajstić information content (AvgIpc) is 2.51. The summed E-state index contributed by atoms with van der Waals surface area (Å²) in [6.45, 7) is 11.6. The van der Waals surface area contributed by atoms with Gasteiger partial charge >= 0.3 is 0 Å². The topological polar surface area (TPSA) is 29.5 Å². The first-order chi connectivity index (χ1) is 9.97. The molecule has 1 aromatic carbocycles. The number of hydrogen-bond donors (Lipinski definition) is 0. The van der Waals surface area contributed by atoms with E-state index in [9.17, 15) is 4.79 Å². The van der Waals surface area contributed by atoms with Crippen molar-refractivity contribution >= 4 is 5.78 Å². The van der Waals surface area contributed by atoms with Crippen molar-refractivity contribution in [3.63, 3.8) is 0 Å². The summed E-state index contributed by atoms with van der Waals surface area (Å²) in [4.78, 5) is 15.2. The molecule has 0 bridgehead atoms. The highest BCUT2D eigenvalue weighted by Gasteiger charge is 2.37. The largest absolute Gasteiger partial charge is 0.379 e. The van der Waals surface area contributed by atoms with Gasteiger partial charge in [-0.3, -0.25) is 9.69 Å². The smallest absolute Gasteiger partial charge is 0.157 e. The van der Waals surface area contributed by atoms with Gasteiger partial charge in [0.05, 0.1) is 18.8 Å². The Morgan fingerprint density at radius 1 is 1.24 bits per heavy atom. The van der Waals surface area contributed by atoms with Crippen LogP contribution in [0.1, 0.15) is 37.0 Å². The molecule has 0 saturated carbocycles. The zero-order valence-electron chi connectivity index (χ0n) is 13.7. The number of aryl methyl sites for hydroxylation is 2. The lowest BCUT2D eigenvalue weighted by Gasteiger charge is -2.41. The lowest BCUT2D eigenvalue weighted by Crippen LogP contribution is -2.56. The lowest BCUT2D eigenvalue weighted by molar-refractivity contribution is -0.133. The number of hydrogen-bond acceptors (Lipinski definition) is 3. The van der Waals surface area contributed by atoms with Crippen LogP contribution in [0.3, 0.4) is 0 Å². The Morgan fingerprint density at radius 3 is 2.48 bits per heavy atom. The molecule has 0 N–H and O–H groups in total. The summed E-state index contributed by atoms with van der Waals surface area (Å²) < 4.78 is 5.41. The monoisotopic (exact) mass is 289 g/mol. The van der Waals surface area contributed by atoms with Crippen LogP contribution in [-0.2, 0) is 16.0 Å². The summed E-state index contributed by atoms with van der Waals surface area (Å²) in [6.07, 6.45) is 1.36. The van der Waals surface area contributed by atoms with E-state index in [2.05, 4.69) is 50.8 Å². The van der Waals surface area contributed by atoms with Crippen molar-refractivity contribution in [2.24, 2.45) is 0 Å². The normalized spacial score (nSPS) is 19.2. The quantitative estimate of drug-likeness (QED) is 0.834. The molecule has 0 aliphatic carbocycles. The number of benzene rings is 1. The number of nitrogens with zero attached hydrogens (tertiary/aromatic N) is 1. The minimum absolute atomic E-state index is 0.315. The second kappa shape index (κ2) is 6.71. The Labute approximate surface area is 128 Å².